The number of rotatable bonds is 26. The Balaban J connectivity index is -0.000000684. The first-order valence-electron chi connectivity index (χ1n) is 35.5. The number of halogens is 2. The minimum absolute atomic E-state index is 0. The van der Waals surface area contributed by atoms with Gasteiger partial charge in [0.15, 0.2) is 36.6 Å². The van der Waals surface area contributed by atoms with E-state index in [2.05, 4.69) is 115 Å². The number of anilines is 1. The van der Waals surface area contributed by atoms with Gasteiger partial charge in [0, 0.05) is 47.4 Å². The van der Waals surface area contributed by atoms with Crippen LogP contribution in [0.1, 0.15) is 191 Å². The first-order valence-corrected chi connectivity index (χ1v) is 45.1. The van der Waals surface area contributed by atoms with Crippen molar-refractivity contribution in [2.24, 2.45) is 10.8 Å². The van der Waals surface area contributed by atoms with Crippen molar-refractivity contribution < 1.29 is 141 Å². The second kappa shape index (κ2) is 67.1. The molecule has 0 saturated heterocycles. The summed E-state index contributed by atoms with van der Waals surface area (Å²) in [5.74, 6) is -2.23. The van der Waals surface area contributed by atoms with Crippen LogP contribution in [0.15, 0.2) is 73.7 Å². The number of nitrogens with two attached hydrogens (primary N) is 1. The quantitative estimate of drug-likeness (QED) is 0.00503. The molecule has 2 N–H and O–H groups in total. The smallest absolute Gasteiger partial charge is 0.512 e. The molecule has 0 aliphatic heterocycles. The van der Waals surface area contributed by atoms with Gasteiger partial charge in [-0.15, -0.1) is 0 Å². The normalized spacial score (nSPS) is 13.0. The minimum Gasteiger partial charge on any atom is -0.512 e. The maximum absolute atomic E-state index is 12.2. The van der Waals surface area contributed by atoms with Crippen molar-refractivity contribution in [3.8, 4) is 24.3 Å². The fourth-order valence-electron chi connectivity index (χ4n) is 12.0. The summed E-state index contributed by atoms with van der Waals surface area (Å²) in [5, 5.41) is 101. The fourth-order valence-corrected chi connectivity index (χ4v) is 14.7. The standard InChI is InChI=1S/C17H22N4O4S.C17H24N4O2S.C13H14N4O2S.C7H6N4O2S.C6H6BrN3O2S.C6H7N3O2S.C4H7BrO2.CN.2CH4.Fe.K.Zn/c1-3-25-14(22)9-17(7-5-4-6-8-17)12(10-18)15-13(21(23)24)11-19-16(20-15)26-2;1-3-23-14(22)9-17(7-5-4-6-8-17)12(10-18)15-13(19)11-20-16(21-15)24-2;1-20-13-15-8-11(17(18)19)12(16-13)10(7-14)9-5-3-2-4-6-9;1-14-7-9-4-6(11(12)13)5(10-7)2-3-8;1-13-6-8-3-5(10(11)12)4(2-7)9-6;1-4-5(9(10)11)3-7-6(8-4)12-2;1-2-7-4(6)3-5;1-2;;;;;/h11-12H,3-9H2,1-2H3;11-12H,3-9,19H2,1-2H3;8H,2-6H2,1H3;4H,2H2,1H3;3H,2H2,1H3;3H,1-2H3;2-3H2,1H3;;2*1H4;;;/q;;;;;;;-1;;;;+1;. The molecule has 0 bridgehead atoms. The van der Waals surface area contributed by atoms with Crippen molar-refractivity contribution in [1.82, 2.24) is 59.8 Å². The number of nitrogen functional groups attached to an aromatic ring is 1. The van der Waals surface area contributed by atoms with Crippen LogP contribution in [0, 0.1) is 125 Å². The molecular weight excluding hydrogens is 1970 g/mol. The minimum atomic E-state index is -0.860. The van der Waals surface area contributed by atoms with Crippen molar-refractivity contribution in [3.05, 3.63) is 134 Å². The van der Waals surface area contributed by atoms with Crippen molar-refractivity contribution in [3.63, 3.8) is 0 Å². The van der Waals surface area contributed by atoms with Gasteiger partial charge in [-0.05, 0) is 122 Å². The van der Waals surface area contributed by atoms with Gasteiger partial charge in [-0.2, -0.15) is 21.0 Å². The molecular formula is C73H94Br2FeKN23O16S6Zn. The van der Waals surface area contributed by atoms with Crippen LogP contribution in [-0.4, -0.2) is 165 Å². The monoisotopic (exact) mass is 2060 g/mol. The van der Waals surface area contributed by atoms with E-state index in [0.717, 1.165) is 101 Å². The van der Waals surface area contributed by atoms with E-state index >= 15 is 0 Å². The summed E-state index contributed by atoms with van der Waals surface area (Å²) in [6.45, 7) is 12.7. The number of aromatic nitrogens is 12. The summed E-state index contributed by atoms with van der Waals surface area (Å²) in [5.41, 5.74) is 7.68. The molecule has 3 aliphatic rings. The Morgan fingerprint density at radius 2 is 0.837 bits per heavy atom. The van der Waals surface area contributed by atoms with Crippen LogP contribution >= 0.6 is 102 Å². The van der Waals surface area contributed by atoms with Crippen LogP contribution in [0.2, 0.25) is 0 Å². The number of hydrogen-bond donors (Lipinski definition) is 1. The number of ether oxygens (including phenoxy) is 3. The van der Waals surface area contributed by atoms with Gasteiger partial charge >= 0.3 is 97.7 Å². The number of alkyl halides is 2. The molecule has 6 aromatic heterocycles. The van der Waals surface area contributed by atoms with Gasteiger partial charge in [0.25, 0.3) is 0 Å². The van der Waals surface area contributed by atoms with Gasteiger partial charge in [0.2, 0.25) is 0 Å². The summed E-state index contributed by atoms with van der Waals surface area (Å²) >= 11 is 14.0. The van der Waals surface area contributed by atoms with Crippen molar-refractivity contribution in [2.45, 2.75) is 206 Å². The summed E-state index contributed by atoms with van der Waals surface area (Å²) in [6.07, 6.45) is 32.1. The van der Waals surface area contributed by atoms with Crippen LogP contribution in [0.25, 0.3) is 5.57 Å². The van der Waals surface area contributed by atoms with E-state index in [0.29, 0.717) is 96.0 Å². The second-order valence-electron chi connectivity index (χ2n) is 24.4. The number of aryl methyl sites for hydroxylation is 1. The number of thioether (sulfide) groups is 6. The molecule has 3 saturated carbocycles. The Morgan fingerprint density at radius 1 is 0.504 bits per heavy atom. The Hall–Kier alpha value is -7.28. The molecule has 50 heteroatoms. The van der Waals surface area contributed by atoms with Gasteiger partial charge < -0.3 is 31.8 Å². The zero-order valence-corrected chi connectivity index (χ0v) is 83.4. The fraction of sp³-hybridized carbons (Fsp3) is 0.534. The number of esters is 3. The van der Waals surface area contributed by atoms with Gasteiger partial charge in [-0.3, -0.25) is 65.0 Å². The zero-order chi connectivity index (χ0) is 88.5. The van der Waals surface area contributed by atoms with Gasteiger partial charge in [0.1, 0.15) is 71.1 Å². The molecule has 0 aromatic carbocycles. The number of nitro groups is 5. The summed E-state index contributed by atoms with van der Waals surface area (Å²) in [4.78, 5) is 134. The first-order chi connectivity index (χ1) is 56.5. The average Bonchev–Trinajstić information content (AvgIpc) is 0.786. The molecule has 9 rings (SSSR count). The van der Waals surface area contributed by atoms with E-state index in [1.165, 1.54) is 89.2 Å². The Bertz CT molecular complexity index is 4640. The molecule has 0 radical (unpaired) electrons. The predicted molar refractivity (Wildman–Crippen MR) is 462 cm³/mol. The topological polar surface area (TPSA) is 594 Å². The summed E-state index contributed by atoms with van der Waals surface area (Å²) in [7, 11) is 0. The third-order valence-electron chi connectivity index (χ3n) is 17.3. The predicted octanol–water partition coefficient (Wildman–Crippen LogP) is 14.2. The van der Waals surface area contributed by atoms with Crippen LogP contribution in [-0.2, 0) is 76.9 Å². The van der Waals surface area contributed by atoms with Crippen LogP contribution in [0.3, 0.4) is 0 Å². The molecule has 3 aliphatic carbocycles. The van der Waals surface area contributed by atoms with E-state index in [1.54, 1.807) is 52.7 Å². The largest absolute Gasteiger partial charge is 1.00 e. The third-order valence-corrected chi connectivity index (χ3v) is 21.6. The van der Waals surface area contributed by atoms with E-state index in [-0.39, 0.29) is 192 Å². The SMILES string of the molecule is C.C.CCOC(=O)CBr.CCOC(=O)CC1(C(C#N)c2nc(SC)ncc2N)CCCCC1.CCOC(=O)CC1(C(C#N)c2nc(SC)ncc2[N+](=O)[O-])CCCCC1.CSc1ncc([N+](=O)[O-])c(C(C#N)=C2CCCCC2)n1.CSc1ncc([N+](=O)[O-])c(C)n1.CSc1ncc([N+](=O)[O-])c(CBr)n1.CSc1ncc([N+](=O)[O-])c(CC#N)n1.[C-]#N.[Fe].[K+].[Zn]. The maximum atomic E-state index is 12.2. The molecule has 3 fully saturated rings. The number of allylic oxidation sites excluding steroid dienone is 2. The molecule has 6 aromatic rings. The van der Waals surface area contributed by atoms with Gasteiger partial charge in [0.05, 0.1) is 116 Å². The van der Waals surface area contributed by atoms with Crippen molar-refractivity contribution in [1.29, 1.82) is 26.3 Å². The maximum Gasteiger partial charge on any atom is 1.00 e. The summed E-state index contributed by atoms with van der Waals surface area (Å²) < 4.78 is 14.8. The Kier molecular flexibility index (Phi) is 66.5. The van der Waals surface area contributed by atoms with Crippen LogP contribution < -0.4 is 57.1 Å². The molecule has 0 spiro atoms. The molecule has 2 unspecified atom stereocenters. The number of carbonyl (C=O) groups excluding carboxylic acids is 3. The molecule has 0 amide bonds. The van der Waals surface area contributed by atoms with Crippen LogP contribution in [0.4, 0.5) is 34.1 Å². The molecule has 6 heterocycles. The van der Waals surface area contributed by atoms with E-state index in [9.17, 15) is 80.7 Å². The first kappa shape index (κ1) is 122. The van der Waals surface area contributed by atoms with Crippen LogP contribution in [0.5, 0.6) is 0 Å². The third kappa shape index (κ3) is 40.1. The van der Waals surface area contributed by atoms with Crippen molar-refractivity contribution >= 4 is 160 Å². The molecule has 658 valence electrons. The molecule has 39 nitrogen and oxygen atoms in total. The van der Waals surface area contributed by atoms with Gasteiger partial charge in [-0.1, -0.05) is 162 Å². The number of nitrogens with zero attached hydrogens (tertiary/aromatic N) is 22. The molecule has 123 heavy (non-hydrogen) atoms. The number of carbonyl (C=O) groups is 3. The van der Waals surface area contributed by atoms with Crippen molar-refractivity contribution in [2.75, 3.05) is 68.4 Å². The Labute approximate surface area is 822 Å². The van der Waals surface area contributed by atoms with E-state index < -0.39 is 47.3 Å². The second-order valence-corrected chi connectivity index (χ2v) is 30.2. The average molecular weight is 2060 g/mol. The zero-order valence-electron chi connectivity index (χ0n) is 68.1. The molecule has 2 atom stereocenters. The van der Waals surface area contributed by atoms with Gasteiger partial charge in [-0.25, -0.2) is 59.8 Å². The van der Waals surface area contributed by atoms with E-state index in [4.69, 9.17) is 32.3 Å². The van der Waals surface area contributed by atoms with E-state index in [1.807, 2.05) is 24.8 Å². The number of nitriles is 4. The summed E-state index contributed by atoms with van der Waals surface area (Å²) in [6, 6.07) is 8.53. The Morgan fingerprint density at radius 3 is 1.20 bits per heavy atom. The number of hydrogen-bond acceptors (Lipinski definition) is 40.